The molecule has 1 rings (SSSR count). The molecule has 5 nitrogen and oxygen atoms in total. The topological polar surface area (TPSA) is 67.8 Å². The van der Waals surface area contributed by atoms with Gasteiger partial charge in [0.15, 0.2) is 6.61 Å². The second-order valence-corrected chi connectivity index (χ2v) is 3.85. The Balaban J connectivity index is 2.45. The van der Waals surface area contributed by atoms with Crippen LogP contribution in [0.1, 0.15) is 18.6 Å². The highest BCUT2D eigenvalue weighted by Crippen LogP contribution is 2.24. The van der Waals surface area contributed by atoms with Crippen LogP contribution < -0.4 is 10.1 Å². The summed E-state index contributed by atoms with van der Waals surface area (Å²) < 4.78 is 10.2. The van der Waals surface area contributed by atoms with Crippen LogP contribution >= 0.6 is 0 Å². The summed E-state index contributed by atoms with van der Waals surface area (Å²) in [5.74, 6) is 0.307. The van der Waals surface area contributed by atoms with Gasteiger partial charge in [0, 0.05) is 19.2 Å². The highest BCUT2D eigenvalue weighted by molar-refractivity contribution is 5.77. The van der Waals surface area contributed by atoms with Crippen LogP contribution in [0.3, 0.4) is 0 Å². The molecule has 5 heteroatoms. The summed E-state index contributed by atoms with van der Waals surface area (Å²) in [6, 6.07) is 7.10. The van der Waals surface area contributed by atoms with Crippen molar-refractivity contribution < 1.29 is 19.4 Å². The Bertz CT molecular complexity index is 379. The number of ether oxygens (including phenoxy) is 2. The Kier molecular flexibility index (Phi) is 6.18. The quantitative estimate of drug-likeness (QED) is 0.708. The van der Waals surface area contributed by atoms with Crippen molar-refractivity contribution in [3.05, 3.63) is 29.8 Å². The number of carbonyl (C=O) groups excluding carboxylic acids is 1. The van der Waals surface area contributed by atoms with Crippen LogP contribution in [-0.4, -0.2) is 37.9 Å². The van der Waals surface area contributed by atoms with Crippen molar-refractivity contribution in [1.82, 2.24) is 5.32 Å². The number of hydrogen-bond donors (Lipinski definition) is 2. The van der Waals surface area contributed by atoms with Crippen molar-refractivity contribution in [2.24, 2.45) is 0 Å². The lowest BCUT2D eigenvalue weighted by Crippen LogP contribution is -2.31. The molecule has 0 spiro atoms. The van der Waals surface area contributed by atoms with Gasteiger partial charge in [0.1, 0.15) is 5.75 Å². The molecule has 2 N–H and O–H groups in total. The van der Waals surface area contributed by atoms with Crippen LogP contribution in [0.2, 0.25) is 0 Å². The largest absolute Gasteiger partial charge is 0.483 e. The zero-order valence-electron chi connectivity index (χ0n) is 10.7. The summed E-state index contributed by atoms with van der Waals surface area (Å²) in [6.45, 7) is 2.50. The maximum atomic E-state index is 11.4. The Morgan fingerprint density at radius 3 is 2.83 bits per heavy atom. The number of rotatable bonds is 7. The summed E-state index contributed by atoms with van der Waals surface area (Å²) in [6.07, 6.45) is -0.627. The third kappa shape index (κ3) is 4.73. The van der Waals surface area contributed by atoms with Crippen molar-refractivity contribution in [2.75, 3.05) is 26.9 Å². The van der Waals surface area contributed by atoms with Crippen LogP contribution in [-0.2, 0) is 9.53 Å². The monoisotopic (exact) mass is 253 g/mol. The molecule has 0 radical (unpaired) electrons. The van der Waals surface area contributed by atoms with Gasteiger partial charge in [0.25, 0.3) is 5.91 Å². The smallest absolute Gasteiger partial charge is 0.258 e. The van der Waals surface area contributed by atoms with E-state index in [4.69, 9.17) is 9.47 Å². The highest BCUT2D eigenvalue weighted by Gasteiger charge is 2.09. The lowest BCUT2D eigenvalue weighted by molar-refractivity contribution is -0.123. The number of amides is 1. The van der Waals surface area contributed by atoms with Gasteiger partial charge in [-0.1, -0.05) is 18.2 Å². The zero-order valence-corrected chi connectivity index (χ0v) is 10.7. The van der Waals surface area contributed by atoms with E-state index in [1.807, 2.05) is 6.07 Å². The van der Waals surface area contributed by atoms with Crippen molar-refractivity contribution in [1.29, 1.82) is 0 Å². The molecule has 1 aromatic carbocycles. The Morgan fingerprint density at radius 1 is 1.44 bits per heavy atom. The normalized spacial score (nSPS) is 11.9. The Morgan fingerprint density at radius 2 is 2.17 bits per heavy atom. The average Bonchev–Trinajstić information content (AvgIpc) is 2.37. The van der Waals surface area contributed by atoms with E-state index in [0.717, 1.165) is 0 Å². The van der Waals surface area contributed by atoms with E-state index in [0.29, 0.717) is 24.5 Å². The van der Waals surface area contributed by atoms with Gasteiger partial charge < -0.3 is 19.9 Å². The Hall–Kier alpha value is -1.59. The van der Waals surface area contributed by atoms with Gasteiger partial charge in [-0.15, -0.1) is 0 Å². The average molecular weight is 253 g/mol. The molecular formula is C13H19NO4. The first-order chi connectivity index (χ1) is 8.65. The maximum absolute atomic E-state index is 11.4. The molecule has 0 bridgehead atoms. The summed E-state index contributed by atoms with van der Waals surface area (Å²) in [5.41, 5.74) is 0.669. The molecule has 0 aliphatic heterocycles. The zero-order chi connectivity index (χ0) is 13.4. The maximum Gasteiger partial charge on any atom is 0.258 e. The summed E-state index contributed by atoms with van der Waals surface area (Å²) in [5, 5.41) is 12.2. The van der Waals surface area contributed by atoms with Crippen LogP contribution in [0.25, 0.3) is 0 Å². The molecule has 0 aromatic heterocycles. The predicted molar refractivity (Wildman–Crippen MR) is 67.5 cm³/mol. The van der Waals surface area contributed by atoms with Crippen molar-refractivity contribution in [2.45, 2.75) is 13.0 Å². The van der Waals surface area contributed by atoms with Crippen LogP contribution in [0.4, 0.5) is 0 Å². The molecule has 0 aliphatic rings. The van der Waals surface area contributed by atoms with E-state index >= 15 is 0 Å². The van der Waals surface area contributed by atoms with Crippen LogP contribution in [0.15, 0.2) is 24.3 Å². The van der Waals surface area contributed by atoms with Gasteiger partial charge in [0.05, 0.1) is 12.7 Å². The number of aliphatic hydroxyl groups excluding tert-OH is 1. The first-order valence-corrected chi connectivity index (χ1v) is 5.80. The van der Waals surface area contributed by atoms with E-state index in [9.17, 15) is 9.90 Å². The number of aliphatic hydroxyl groups is 1. The molecular weight excluding hydrogens is 234 g/mol. The molecule has 1 aromatic rings. The number of benzene rings is 1. The standard InChI is InChI=1S/C13H19NO4/c1-10(15)11-5-3-4-6-12(11)18-9-13(16)14-7-8-17-2/h3-6,10,15H,7-9H2,1-2H3,(H,14,16)/t10-/m0/s1. The van der Waals surface area contributed by atoms with Gasteiger partial charge in [0.2, 0.25) is 0 Å². The SMILES string of the molecule is COCCNC(=O)COc1ccccc1[C@H](C)O. The molecule has 0 saturated carbocycles. The fourth-order valence-electron chi connectivity index (χ4n) is 1.44. The minimum absolute atomic E-state index is 0.0759. The van der Waals surface area contributed by atoms with Crippen LogP contribution in [0, 0.1) is 0 Å². The van der Waals surface area contributed by atoms with Gasteiger partial charge in [-0.2, -0.15) is 0 Å². The van der Waals surface area contributed by atoms with Crippen molar-refractivity contribution >= 4 is 5.91 Å². The third-order valence-corrected chi connectivity index (χ3v) is 2.36. The first kappa shape index (κ1) is 14.5. The summed E-state index contributed by atoms with van der Waals surface area (Å²) in [7, 11) is 1.57. The van der Waals surface area contributed by atoms with Gasteiger partial charge in [-0.05, 0) is 13.0 Å². The van der Waals surface area contributed by atoms with E-state index in [-0.39, 0.29) is 12.5 Å². The molecule has 1 amide bonds. The molecule has 0 aliphatic carbocycles. The fourth-order valence-corrected chi connectivity index (χ4v) is 1.44. The number of nitrogens with one attached hydrogen (secondary N) is 1. The second-order valence-electron chi connectivity index (χ2n) is 3.85. The van der Waals surface area contributed by atoms with Crippen molar-refractivity contribution in [3.63, 3.8) is 0 Å². The van der Waals surface area contributed by atoms with E-state index < -0.39 is 6.10 Å². The van der Waals surface area contributed by atoms with Gasteiger partial charge >= 0.3 is 0 Å². The number of carbonyl (C=O) groups is 1. The lowest BCUT2D eigenvalue weighted by atomic mass is 10.1. The molecule has 100 valence electrons. The van der Waals surface area contributed by atoms with Crippen molar-refractivity contribution in [3.8, 4) is 5.75 Å². The number of para-hydroxylation sites is 1. The molecule has 0 heterocycles. The van der Waals surface area contributed by atoms with E-state index in [2.05, 4.69) is 5.32 Å². The highest BCUT2D eigenvalue weighted by atomic mass is 16.5. The molecule has 0 unspecified atom stereocenters. The second kappa shape index (κ2) is 7.68. The Labute approximate surface area is 107 Å². The molecule has 18 heavy (non-hydrogen) atoms. The fraction of sp³-hybridized carbons (Fsp3) is 0.462. The van der Waals surface area contributed by atoms with E-state index in [1.54, 1.807) is 32.2 Å². The number of hydrogen-bond acceptors (Lipinski definition) is 4. The molecule has 0 saturated heterocycles. The van der Waals surface area contributed by atoms with E-state index in [1.165, 1.54) is 0 Å². The predicted octanol–water partition coefficient (Wildman–Crippen LogP) is 0.881. The summed E-state index contributed by atoms with van der Waals surface area (Å²) >= 11 is 0. The lowest BCUT2D eigenvalue weighted by Gasteiger charge is -2.13. The summed E-state index contributed by atoms with van der Waals surface area (Å²) in [4.78, 5) is 11.4. The minimum atomic E-state index is -0.627. The molecule has 0 fully saturated rings. The molecule has 1 atom stereocenters. The first-order valence-electron chi connectivity index (χ1n) is 5.80. The third-order valence-electron chi connectivity index (χ3n) is 2.36. The van der Waals surface area contributed by atoms with Gasteiger partial charge in [-0.25, -0.2) is 0 Å². The minimum Gasteiger partial charge on any atom is -0.483 e. The van der Waals surface area contributed by atoms with Crippen LogP contribution in [0.5, 0.6) is 5.75 Å². The number of methoxy groups -OCH3 is 1. The van der Waals surface area contributed by atoms with Gasteiger partial charge in [-0.3, -0.25) is 4.79 Å².